The fraction of sp³-hybridized carbons (Fsp3) is 0.192. The van der Waals surface area contributed by atoms with E-state index in [4.69, 9.17) is 21.5 Å². The first-order valence-corrected chi connectivity index (χ1v) is 11.7. The third-order valence-electron chi connectivity index (χ3n) is 5.66. The van der Waals surface area contributed by atoms with E-state index in [9.17, 15) is 32.3 Å². The summed E-state index contributed by atoms with van der Waals surface area (Å²) in [7, 11) is 0. The van der Waals surface area contributed by atoms with Crippen molar-refractivity contribution in [3.05, 3.63) is 88.7 Å². The molecule has 0 aromatic heterocycles. The van der Waals surface area contributed by atoms with Crippen molar-refractivity contribution in [3.8, 4) is 0 Å². The second kappa shape index (κ2) is 12.5. The average molecular weight is 568 g/mol. The highest BCUT2D eigenvalue weighted by atomic mass is 35.5. The van der Waals surface area contributed by atoms with Crippen molar-refractivity contribution < 1.29 is 42.2 Å². The number of amides is 1. The Labute approximate surface area is 225 Å². The number of benzene rings is 3. The number of hydrogen-bond acceptors (Lipinski definition) is 5. The molecule has 1 aliphatic rings. The number of aliphatic carboxylic acids is 1. The van der Waals surface area contributed by atoms with E-state index in [2.05, 4.69) is 10.2 Å². The van der Waals surface area contributed by atoms with Crippen LogP contribution in [0.4, 0.5) is 34.6 Å². The van der Waals surface area contributed by atoms with Crippen LogP contribution in [0.2, 0.25) is 5.02 Å². The Balaban J connectivity index is 0.000000532. The summed E-state index contributed by atoms with van der Waals surface area (Å²) in [5, 5.41) is 19.9. The Hall–Kier alpha value is -4.32. The fourth-order valence-electron chi connectivity index (χ4n) is 3.76. The zero-order valence-corrected chi connectivity index (χ0v) is 20.8. The summed E-state index contributed by atoms with van der Waals surface area (Å²) in [5.41, 5.74) is 2.32. The van der Waals surface area contributed by atoms with Gasteiger partial charge in [0.2, 0.25) is 0 Å². The van der Waals surface area contributed by atoms with Gasteiger partial charge in [-0.2, -0.15) is 13.2 Å². The molecule has 1 aliphatic heterocycles. The molecule has 206 valence electrons. The number of alkyl halides is 3. The van der Waals surface area contributed by atoms with Gasteiger partial charge in [0.15, 0.2) is 0 Å². The molecule has 0 unspecified atom stereocenters. The number of carbonyl (C=O) groups is 3. The van der Waals surface area contributed by atoms with Gasteiger partial charge in [0.1, 0.15) is 5.82 Å². The lowest BCUT2D eigenvalue weighted by atomic mass is 10.1. The van der Waals surface area contributed by atoms with Crippen LogP contribution in [-0.4, -0.2) is 60.4 Å². The largest absolute Gasteiger partial charge is 0.490 e. The van der Waals surface area contributed by atoms with Crippen LogP contribution >= 0.6 is 11.6 Å². The Morgan fingerprint density at radius 3 is 1.92 bits per heavy atom. The molecule has 1 fully saturated rings. The van der Waals surface area contributed by atoms with Crippen molar-refractivity contribution in [3.63, 3.8) is 0 Å². The van der Waals surface area contributed by atoms with Crippen molar-refractivity contribution in [2.75, 3.05) is 41.3 Å². The molecule has 3 aromatic rings. The minimum atomic E-state index is -5.08. The van der Waals surface area contributed by atoms with E-state index in [0.29, 0.717) is 48.1 Å². The summed E-state index contributed by atoms with van der Waals surface area (Å²) in [4.78, 5) is 37.5. The van der Waals surface area contributed by atoms with Gasteiger partial charge in [-0.25, -0.2) is 14.0 Å². The van der Waals surface area contributed by atoms with E-state index in [-0.39, 0.29) is 11.4 Å². The van der Waals surface area contributed by atoms with E-state index in [0.717, 1.165) is 5.69 Å². The maximum absolute atomic E-state index is 13.2. The van der Waals surface area contributed by atoms with Gasteiger partial charge in [0.25, 0.3) is 5.91 Å². The van der Waals surface area contributed by atoms with Gasteiger partial charge in [0, 0.05) is 37.6 Å². The molecule has 8 nitrogen and oxygen atoms in total. The predicted molar refractivity (Wildman–Crippen MR) is 137 cm³/mol. The first-order valence-electron chi connectivity index (χ1n) is 11.4. The Morgan fingerprint density at radius 1 is 0.821 bits per heavy atom. The topological polar surface area (TPSA) is 110 Å². The minimum absolute atomic E-state index is 0.109. The van der Waals surface area contributed by atoms with Crippen molar-refractivity contribution >= 4 is 46.5 Å². The molecule has 1 amide bonds. The molecule has 0 radical (unpaired) electrons. The van der Waals surface area contributed by atoms with Crippen LogP contribution in [0.1, 0.15) is 20.7 Å². The Kier molecular flexibility index (Phi) is 9.36. The minimum Gasteiger partial charge on any atom is -0.478 e. The lowest BCUT2D eigenvalue weighted by Gasteiger charge is -2.38. The van der Waals surface area contributed by atoms with Gasteiger partial charge in [-0.15, -0.1) is 0 Å². The van der Waals surface area contributed by atoms with Gasteiger partial charge < -0.3 is 25.3 Å². The van der Waals surface area contributed by atoms with Crippen LogP contribution in [0.15, 0.2) is 66.7 Å². The molecular weight excluding hydrogens is 546 g/mol. The molecular formula is C26H22ClF4N3O5. The molecule has 13 heteroatoms. The van der Waals surface area contributed by atoms with E-state index >= 15 is 0 Å². The second-order valence-corrected chi connectivity index (χ2v) is 8.63. The molecule has 1 saturated heterocycles. The summed E-state index contributed by atoms with van der Waals surface area (Å²) in [6.45, 7) is 2.58. The van der Waals surface area contributed by atoms with Crippen molar-refractivity contribution in [1.82, 2.24) is 0 Å². The van der Waals surface area contributed by atoms with Crippen LogP contribution in [0, 0.1) is 5.82 Å². The van der Waals surface area contributed by atoms with Gasteiger partial charge in [-0.3, -0.25) is 4.79 Å². The third kappa shape index (κ3) is 7.84. The molecule has 39 heavy (non-hydrogen) atoms. The Morgan fingerprint density at radius 2 is 1.38 bits per heavy atom. The lowest BCUT2D eigenvalue weighted by molar-refractivity contribution is -0.192. The standard InChI is InChI=1S/C24H21ClFN3O3.C2HF3O2/c25-21-4-2-1-3-19(21)23(30)27-17-7-10-22(20(15-17)24(31)32)29-13-11-28(12-14-29)18-8-5-16(26)6-9-18;3-2(4,5)1(6)7/h1-10,15H,11-14H2,(H,27,30)(H,31,32);(H,6,7). The maximum Gasteiger partial charge on any atom is 0.490 e. The summed E-state index contributed by atoms with van der Waals surface area (Å²) < 4.78 is 44.9. The zero-order valence-electron chi connectivity index (χ0n) is 20.1. The SMILES string of the molecule is O=C(Nc1ccc(N2CCN(c3ccc(F)cc3)CC2)c(C(=O)O)c1)c1ccccc1Cl.O=C(O)C(F)(F)F. The van der Waals surface area contributed by atoms with Crippen molar-refractivity contribution in [2.24, 2.45) is 0 Å². The summed E-state index contributed by atoms with van der Waals surface area (Å²) in [6.07, 6.45) is -5.08. The first kappa shape index (κ1) is 29.2. The molecule has 0 saturated carbocycles. The smallest absolute Gasteiger partial charge is 0.478 e. The molecule has 0 aliphatic carbocycles. The average Bonchev–Trinajstić information content (AvgIpc) is 2.89. The molecule has 0 spiro atoms. The molecule has 1 heterocycles. The van der Waals surface area contributed by atoms with E-state index in [1.165, 1.54) is 18.2 Å². The highest BCUT2D eigenvalue weighted by Crippen LogP contribution is 2.28. The van der Waals surface area contributed by atoms with E-state index in [1.54, 1.807) is 48.5 Å². The number of hydrogen-bond donors (Lipinski definition) is 3. The molecule has 0 bridgehead atoms. The van der Waals surface area contributed by atoms with Gasteiger partial charge in [0.05, 0.1) is 21.8 Å². The van der Waals surface area contributed by atoms with Crippen LogP contribution in [0.3, 0.4) is 0 Å². The number of nitrogens with zero attached hydrogens (tertiary/aromatic N) is 2. The van der Waals surface area contributed by atoms with Gasteiger partial charge in [-0.1, -0.05) is 23.7 Å². The van der Waals surface area contributed by atoms with Crippen molar-refractivity contribution in [1.29, 1.82) is 0 Å². The number of anilines is 3. The molecule has 0 atom stereocenters. The number of aromatic carboxylic acids is 1. The predicted octanol–water partition coefficient (Wildman–Crippen LogP) is 5.39. The summed E-state index contributed by atoms with van der Waals surface area (Å²) in [5.74, 6) is -4.52. The highest BCUT2D eigenvalue weighted by molar-refractivity contribution is 6.34. The lowest BCUT2D eigenvalue weighted by Crippen LogP contribution is -2.47. The quantitative estimate of drug-likeness (QED) is 0.355. The van der Waals surface area contributed by atoms with Crippen LogP contribution in [0.5, 0.6) is 0 Å². The first-order chi connectivity index (χ1) is 18.4. The molecule has 3 aromatic carbocycles. The highest BCUT2D eigenvalue weighted by Gasteiger charge is 2.38. The number of carboxylic acid groups (broad SMARTS) is 2. The maximum atomic E-state index is 13.2. The van der Waals surface area contributed by atoms with Crippen LogP contribution < -0.4 is 15.1 Å². The molecule has 4 rings (SSSR count). The second-order valence-electron chi connectivity index (χ2n) is 8.22. The number of piperazine rings is 1. The normalized spacial score (nSPS) is 13.3. The number of carbonyl (C=O) groups excluding carboxylic acids is 1. The van der Waals surface area contributed by atoms with Crippen LogP contribution in [0.25, 0.3) is 0 Å². The summed E-state index contributed by atoms with van der Waals surface area (Å²) >= 11 is 6.07. The third-order valence-corrected chi connectivity index (χ3v) is 5.99. The number of carboxylic acids is 2. The van der Waals surface area contributed by atoms with Gasteiger partial charge in [-0.05, 0) is 54.6 Å². The monoisotopic (exact) mass is 567 g/mol. The van der Waals surface area contributed by atoms with Crippen LogP contribution in [-0.2, 0) is 4.79 Å². The number of halogens is 5. The number of rotatable bonds is 5. The van der Waals surface area contributed by atoms with E-state index in [1.807, 2.05) is 4.90 Å². The fourth-order valence-corrected chi connectivity index (χ4v) is 3.98. The zero-order chi connectivity index (χ0) is 28.7. The van der Waals surface area contributed by atoms with Gasteiger partial charge >= 0.3 is 18.1 Å². The van der Waals surface area contributed by atoms with E-state index < -0.39 is 24.0 Å². The Bertz CT molecular complexity index is 1340. The molecule has 3 N–H and O–H groups in total. The number of nitrogens with one attached hydrogen (secondary N) is 1. The van der Waals surface area contributed by atoms with Crippen molar-refractivity contribution in [2.45, 2.75) is 6.18 Å². The summed E-state index contributed by atoms with van der Waals surface area (Å²) in [6, 6.07) is 17.8.